The second kappa shape index (κ2) is 8.56. The fourth-order valence-electron chi connectivity index (χ4n) is 3.92. The summed E-state index contributed by atoms with van der Waals surface area (Å²) >= 11 is 5.99. The molecule has 9 heteroatoms. The summed E-state index contributed by atoms with van der Waals surface area (Å²) in [5.74, 6) is 0.470. The molecular formula is C22H24ClN5O3. The lowest BCUT2D eigenvalue weighted by molar-refractivity contribution is 0.277. The third-order valence-electron chi connectivity index (χ3n) is 5.54. The summed E-state index contributed by atoms with van der Waals surface area (Å²) in [7, 11) is 1.64. The van der Waals surface area contributed by atoms with Crippen molar-refractivity contribution in [3.05, 3.63) is 85.3 Å². The van der Waals surface area contributed by atoms with Crippen molar-refractivity contribution in [3.8, 4) is 0 Å². The van der Waals surface area contributed by atoms with Crippen molar-refractivity contribution in [3.63, 3.8) is 0 Å². The lowest BCUT2D eigenvalue weighted by Crippen LogP contribution is -2.41. The van der Waals surface area contributed by atoms with Crippen molar-refractivity contribution in [2.45, 2.75) is 32.6 Å². The molecule has 1 aliphatic heterocycles. The van der Waals surface area contributed by atoms with Gasteiger partial charge in [0.2, 0.25) is 0 Å². The predicted octanol–water partition coefficient (Wildman–Crippen LogP) is 2.42. The Hall–Kier alpha value is -3.10. The van der Waals surface area contributed by atoms with Crippen LogP contribution in [0.15, 0.2) is 52.2 Å². The van der Waals surface area contributed by atoms with Gasteiger partial charge >= 0.3 is 5.69 Å². The number of hydrogen-bond acceptors (Lipinski definition) is 6. The first kappa shape index (κ1) is 21.1. The molecule has 0 saturated carbocycles. The molecule has 2 N–H and O–H groups in total. The topological polar surface area (TPSA) is 92.4 Å². The van der Waals surface area contributed by atoms with Crippen LogP contribution < -0.4 is 21.5 Å². The van der Waals surface area contributed by atoms with Crippen molar-refractivity contribution in [1.82, 2.24) is 14.1 Å². The van der Waals surface area contributed by atoms with Crippen molar-refractivity contribution < 1.29 is 5.11 Å². The number of aliphatic hydroxyl groups excluding tert-OH is 1. The molecule has 0 aliphatic carbocycles. The van der Waals surface area contributed by atoms with Crippen LogP contribution in [-0.2, 0) is 20.1 Å². The first-order valence-corrected chi connectivity index (χ1v) is 10.4. The van der Waals surface area contributed by atoms with Gasteiger partial charge < -0.3 is 15.3 Å². The Morgan fingerprint density at radius 1 is 1.19 bits per heavy atom. The number of anilines is 2. The molecule has 1 unspecified atom stereocenters. The Kier molecular flexibility index (Phi) is 5.84. The maximum Gasteiger partial charge on any atom is 0.332 e. The lowest BCUT2D eigenvalue weighted by Gasteiger charge is -2.27. The molecule has 1 aliphatic rings. The van der Waals surface area contributed by atoms with Gasteiger partial charge in [-0.1, -0.05) is 35.9 Å². The van der Waals surface area contributed by atoms with Gasteiger partial charge in [-0.05, 0) is 36.6 Å². The third-order valence-corrected chi connectivity index (χ3v) is 5.77. The molecule has 4 rings (SSSR count). The highest BCUT2D eigenvalue weighted by atomic mass is 35.5. The van der Waals surface area contributed by atoms with E-state index in [1.165, 1.54) is 9.13 Å². The van der Waals surface area contributed by atoms with Crippen molar-refractivity contribution in [2.24, 2.45) is 7.05 Å². The first-order valence-electron chi connectivity index (χ1n) is 10.1. The average molecular weight is 442 g/mol. The molecule has 0 fully saturated rings. The number of aromatic nitrogens is 3. The molecule has 0 spiro atoms. The smallest absolute Gasteiger partial charge is 0.332 e. The van der Waals surface area contributed by atoms with E-state index in [2.05, 4.69) is 10.3 Å². The van der Waals surface area contributed by atoms with Gasteiger partial charge in [-0.25, -0.2) is 4.79 Å². The van der Waals surface area contributed by atoms with E-state index in [9.17, 15) is 14.7 Å². The SMILES string of the molecule is Cc1ccccc1C1Nc2c(c(=O)n(CCCO)c(=O)n2C)N1Cc1ccc(Cl)cn1. The minimum atomic E-state index is -0.417. The fourth-order valence-corrected chi connectivity index (χ4v) is 4.03. The van der Waals surface area contributed by atoms with Gasteiger partial charge in [-0.2, -0.15) is 0 Å². The number of rotatable bonds is 6. The maximum atomic E-state index is 13.4. The monoisotopic (exact) mass is 441 g/mol. The third kappa shape index (κ3) is 3.84. The van der Waals surface area contributed by atoms with E-state index < -0.39 is 5.69 Å². The number of nitrogens with zero attached hydrogens (tertiary/aromatic N) is 4. The molecule has 8 nitrogen and oxygen atoms in total. The second-order valence-electron chi connectivity index (χ2n) is 7.57. The van der Waals surface area contributed by atoms with Gasteiger partial charge in [0.1, 0.15) is 17.7 Å². The molecule has 3 heterocycles. The van der Waals surface area contributed by atoms with E-state index in [0.29, 0.717) is 29.5 Å². The van der Waals surface area contributed by atoms with E-state index in [-0.39, 0.29) is 24.9 Å². The first-order chi connectivity index (χ1) is 14.9. The second-order valence-corrected chi connectivity index (χ2v) is 8.01. The van der Waals surface area contributed by atoms with Gasteiger partial charge in [0.25, 0.3) is 5.56 Å². The van der Waals surface area contributed by atoms with Crippen LogP contribution in [0.4, 0.5) is 11.5 Å². The van der Waals surface area contributed by atoms with Crippen LogP contribution in [0.3, 0.4) is 0 Å². The molecule has 0 saturated heterocycles. The van der Waals surface area contributed by atoms with Crippen LogP contribution in [0, 0.1) is 6.92 Å². The van der Waals surface area contributed by atoms with E-state index >= 15 is 0 Å². The van der Waals surface area contributed by atoms with E-state index in [0.717, 1.165) is 16.8 Å². The number of aryl methyl sites for hydroxylation is 1. The Morgan fingerprint density at radius 2 is 1.97 bits per heavy atom. The van der Waals surface area contributed by atoms with E-state index in [1.54, 1.807) is 19.3 Å². The molecule has 3 aromatic rings. The molecule has 0 bridgehead atoms. The van der Waals surface area contributed by atoms with Gasteiger partial charge in [0.05, 0.1) is 17.3 Å². The molecule has 0 radical (unpaired) electrons. The summed E-state index contributed by atoms with van der Waals surface area (Å²) in [6.45, 7) is 2.41. The average Bonchev–Trinajstić information content (AvgIpc) is 3.13. The number of pyridine rings is 1. The predicted molar refractivity (Wildman–Crippen MR) is 121 cm³/mol. The largest absolute Gasteiger partial charge is 0.396 e. The Balaban J connectivity index is 1.88. The number of nitrogens with one attached hydrogen (secondary N) is 1. The van der Waals surface area contributed by atoms with Crippen molar-refractivity contribution >= 4 is 23.1 Å². The quantitative estimate of drug-likeness (QED) is 0.610. The minimum absolute atomic E-state index is 0.102. The molecule has 1 atom stereocenters. The van der Waals surface area contributed by atoms with Gasteiger partial charge in [-0.15, -0.1) is 0 Å². The van der Waals surface area contributed by atoms with E-state index in [1.807, 2.05) is 42.2 Å². The van der Waals surface area contributed by atoms with Crippen LogP contribution in [0.25, 0.3) is 0 Å². The number of aliphatic hydroxyl groups is 1. The summed E-state index contributed by atoms with van der Waals surface area (Å²) in [6, 6.07) is 11.5. The standard InChI is InChI=1S/C22H24ClN5O3/c1-14-6-3-4-7-17(14)19-25-20-18(28(19)13-16-9-8-15(23)12-24-16)21(30)27(10-5-11-29)22(31)26(20)2/h3-4,6-9,12,19,25,29H,5,10-11,13H2,1-2H3. The number of fused-ring (bicyclic) bond motifs is 1. The number of benzene rings is 1. The zero-order chi connectivity index (χ0) is 22.1. The zero-order valence-electron chi connectivity index (χ0n) is 17.4. The Labute approximate surface area is 184 Å². The molecular weight excluding hydrogens is 418 g/mol. The van der Waals surface area contributed by atoms with Gasteiger partial charge in [0, 0.05) is 26.4 Å². The van der Waals surface area contributed by atoms with Crippen LogP contribution in [0.2, 0.25) is 5.02 Å². The number of halogens is 1. The molecule has 2 aromatic heterocycles. The zero-order valence-corrected chi connectivity index (χ0v) is 18.1. The van der Waals surface area contributed by atoms with Crippen molar-refractivity contribution in [2.75, 3.05) is 16.8 Å². The molecule has 0 amide bonds. The highest BCUT2D eigenvalue weighted by molar-refractivity contribution is 6.30. The van der Waals surface area contributed by atoms with Crippen molar-refractivity contribution in [1.29, 1.82) is 0 Å². The van der Waals surface area contributed by atoms with Crippen LogP contribution in [0.1, 0.15) is 29.4 Å². The summed E-state index contributed by atoms with van der Waals surface area (Å²) in [5, 5.41) is 13.1. The summed E-state index contributed by atoms with van der Waals surface area (Å²) in [5.41, 5.74) is 2.41. The van der Waals surface area contributed by atoms with Crippen LogP contribution in [0.5, 0.6) is 0 Å². The molecule has 31 heavy (non-hydrogen) atoms. The van der Waals surface area contributed by atoms with Gasteiger partial charge in [0.15, 0.2) is 0 Å². The highest BCUT2D eigenvalue weighted by Gasteiger charge is 2.36. The summed E-state index contributed by atoms with van der Waals surface area (Å²) < 4.78 is 2.63. The van der Waals surface area contributed by atoms with E-state index in [4.69, 9.17) is 11.6 Å². The minimum Gasteiger partial charge on any atom is -0.396 e. The highest BCUT2D eigenvalue weighted by Crippen LogP contribution is 2.39. The maximum absolute atomic E-state index is 13.4. The summed E-state index contributed by atoms with van der Waals surface area (Å²) in [6.07, 6.45) is 1.55. The molecule has 162 valence electrons. The molecule has 1 aromatic carbocycles. The fraction of sp³-hybridized carbons (Fsp3) is 0.318. The Morgan fingerprint density at radius 3 is 2.65 bits per heavy atom. The normalized spacial score (nSPS) is 15.1. The Bertz CT molecular complexity index is 1220. The van der Waals surface area contributed by atoms with Gasteiger partial charge in [-0.3, -0.25) is 18.9 Å². The summed E-state index contributed by atoms with van der Waals surface area (Å²) in [4.78, 5) is 32.6. The lowest BCUT2D eigenvalue weighted by atomic mass is 10.1. The number of hydrogen-bond donors (Lipinski definition) is 2. The van der Waals surface area contributed by atoms with Crippen LogP contribution in [-0.4, -0.2) is 25.8 Å². The van der Waals surface area contributed by atoms with Crippen LogP contribution >= 0.6 is 11.6 Å².